The number of amides is 2. The predicted molar refractivity (Wildman–Crippen MR) is 64.9 cm³/mol. The van der Waals surface area contributed by atoms with Gasteiger partial charge in [-0.1, -0.05) is 0 Å². The van der Waals surface area contributed by atoms with Crippen LogP contribution < -0.4 is 10.6 Å². The molecule has 1 fully saturated rings. The second-order valence-corrected chi connectivity index (χ2v) is 4.46. The monoisotopic (exact) mass is 251 g/mol. The van der Waals surface area contributed by atoms with Crippen LogP contribution >= 0.6 is 11.8 Å². The normalized spacial score (nSPS) is 18.9. The third-order valence-electron chi connectivity index (χ3n) is 2.56. The summed E-state index contributed by atoms with van der Waals surface area (Å²) in [6.45, 7) is 0.617. The number of hydrogen-bond acceptors (Lipinski definition) is 4. The van der Waals surface area contributed by atoms with Gasteiger partial charge >= 0.3 is 0 Å². The number of carbonyl (C=O) groups is 2. The molecule has 0 saturated carbocycles. The van der Waals surface area contributed by atoms with E-state index in [4.69, 9.17) is 0 Å². The van der Waals surface area contributed by atoms with Gasteiger partial charge in [0.05, 0.1) is 5.56 Å². The summed E-state index contributed by atoms with van der Waals surface area (Å²) in [5.41, 5.74) is 0.514. The molecule has 0 spiro atoms. The molecule has 2 amide bonds. The van der Waals surface area contributed by atoms with E-state index in [1.807, 2.05) is 6.26 Å². The maximum Gasteiger partial charge on any atom is 0.254 e. The van der Waals surface area contributed by atoms with Crippen molar-refractivity contribution in [2.75, 3.05) is 12.8 Å². The first kappa shape index (κ1) is 11.9. The van der Waals surface area contributed by atoms with Crippen molar-refractivity contribution in [1.29, 1.82) is 0 Å². The summed E-state index contributed by atoms with van der Waals surface area (Å²) >= 11 is 1.41. The van der Waals surface area contributed by atoms with Gasteiger partial charge in [-0.25, -0.2) is 4.98 Å². The first-order valence-electron chi connectivity index (χ1n) is 5.30. The van der Waals surface area contributed by atoms with Gasteiger partial charge in [-0.05, 0) is 24.8 Å². The van der Waals surface area contributed by atoms with Crippen molar-refractivity contribution in [3.63, 3.8) is 0 Å². The smallest absolute Gasteiger partial charge is 0.254 e. The number of nitrogens with zero attached hydrogens (tertiary/aromatic N) is 1. The van der Waals surface area contributed by atoms with Gasteiger partial charge < -0.3 is 10.6 Å². The highest BCUT2D eigenvalue weighted by atomic mass is 32.2. The van der Waals surface area contributed by atoms with Crippen molar-refractivity contribution >= 4 is 23.6 Å². The van der Waals surface area contributed by atoms with Gasteiger partial charge in [0.1, 0.15) is 11.1 Å². The Morgan fingerprint density at radius 2 is 2.47 bits per heavy atom. The van der Waals surface area contributed by atoms with Gasteiger partial charge in [-0.3, -0.25) is 9.59 Å². The quantitative estimate of drug-likeness (QED) is 0.764. The van der Waals surface area contributed by atoms with Crippen LogP contribution in [0.1, 0.15) is 16.8 Å². The molecule has 2 rings (SSSR count). The van der Waals surface area contributed by atoms with Crippen LogP contribution in [0.2, 0.25) is 0 Å². The van der Waals surface area contributed by atoms with Crippen LogP contribution in [0.15, 0.2) is 23.4 Å². The summed E-state index contributed by atoms with van der Waals surface area (Å²) in [5, 5.41) is 6.07. The van der Waals surface area contributed by atoms with E-state index in [9.17, 15) is 9.59 Å². The minimum atomic E-state index is -0.419. The highest BCUT2D eigenvalue weighted by Gasteiger charge is 2.26. The molecule has 1 aromatic rings. The van der Waals surface area contributed by atoms with Crippen LogP contribution in [-0.4, -0.2) is 35.6 Å². The molecule has 2 heterocycles. The van der Waals surface area contributed by atoms with Crippen LogP contribution in [-0.2, 0) is 4.79 Å². The molecule has 0 unspecified atom stereocenters. The Balaban J connectivity index is 2.11. The number of nitrogens with one attached hydrogen (secondary N) is 2. The van der Waals surface area contributed by atoms with Crippen LogP contribution in [0.4, 0.5) is 0 Å². The summed E-state index contributed by atoms with van der Waals surface area (Å²) in [6.07, 6.45) is 4.14. The number of hydrogen-bond donors (Lipinski definition) is 2. The molecule has 1 atom stereocenters. The number of thioether (sulfide) groups is 1. The third-order valence-corrected chi connectivity index (χ3v) is 3.28. The zero-order valence-electron chi connectivity index (χ0n) is 9.40. The van der Waals surface area contributed by atoms with Gasteiger partial charge in [-0.2, -0.15) is 0 Å². The molecule has 0 bridgehead atoms. The number of pyridine rings is 1. The van der Waals surface area contributed by atoms with Gasteiger partial charge in [0.25, 0.3) is 5.91 Å². The van der Waals surface area contributed by atoms with Crippen molar-refractivity contribution < 1.29 is 9.59 Å². The van der Waals surface area contributed by atoms with E-state index in [0.717, 1.165) is 0 Å². The van der Waals surface area contributed by atoms with Crippen LogP contribution in [0.5, 0.6) is 0 Å². The Hall–Kier alpha value is -1.56. The van der Waals surface area contributed by atoms with E-state index in [1.165, 1.54) is 11.8 Å². The summed E-state index contributed by atoms with van der Waals surface area (Å²) in [6, 6.07) is 3.00. The second kappa shape index (κ2) is 5.18. The fourth-order valence-corrected chi connectivity index (χ4v) is 2.24. The lowest BCUT2D eigenvalue weighted by molar-refractivity contribution is -0.120. The van der Waals surface area contributed by atoms with Crippen LogP contribution in [0.25, 0.3) is 0 Å². The van der Waals surface area contributed by atoms with E-state index in [1.54, 1.807) is 18.3 Å². The molecule has 5 nitrogen and oxygen atoms in total. The summed E-state index contributed by atoms with van der Waals surface area (Å²) in [7, 11) is 0. The summed E-state index contributed by atoms with van der Waals surface area (Å²) in [4.78, 5) is 27.4. The Labute approximate surface area is 103 Å². The number of aromatic nitrogens is 1. The maximum atomic E-state index is 12.0. The lowest BCUT2D eigenvalue weighted by Gasteiger charge is -2.11. The third kappa shape index (κ3) is 2.58. The van der Waals surface area contributed by atoms with Crippen LogP contribution in [0.3, 0.4) is 0 Å². The molecule has 90 valence electrons. The first-order chi connectivity index (χ1) is 8.22. The molecular weight excluding hydrogens is 238 g/mol. The highest BCUT2D eigenvalue weighted by molar-refractivity contribution is 7.98. The standard InChI is InChI=1S/C11H13N3O2S/c1-17-11-7(3-2-5-13-11)9(15)14-8-4-6-12-10(8)16/h2-3,5,8H,4,6H2,1H3,(H,12,16)(H,14,15)/t8-/m1/s1. The molecule has 1 aliphatic heterocycles. The Bertz CT molecular complexity index is 450. The van der Waals surface area contributed by atoms with Gasteiger partial charge in [0.15, 0.2) is 0 Å². The number of rotatable bonds is 3. The summed E-state index contributed by atoms with van der Waals surface area (Å²) < 4.78 is 0. The molecule has 1 aromatic heterocycles. The Morgan fingerprint density at radius 1 is 1.65 bits per heavy atom. The molecular formula is C11H13N3O2S. The lowest BCUT2D eigenvalue weighted by Crippen LogP contribution is -2.40. The molecule has 1 aliphatic rings. The highest BCUT2D eigenvalue weighted by Crippen LogP contribution is 2.17. The van der Waals surface area contributed by atoms with Crippen molar-refractivity contribution in [1.82, 2.24) is 15.6 Å². The minimum Gasteiger partial charge on any atom is -0.354 e. The molecule has 1 saturated heterocycles. The largest absolute Gasteiger partial charge is 0.354 e. The molecule has 0 radical (unpaired) electrons. The SMILES string of the molecule is CSc1ncccc1C(=O)N[C@@H]1CCNC1=O. The minimum absolute atomic E-state index is 0.118. The van der Waals surface area contributed by atoms with E-state index in [-0.39, 0.29) is 11.8 Å². The molecule has 6 heteroatoms. The van der Waals surface area contributed by atoms with Crippen LogP contribution in [0, 0.1) is 0 Å². The first-order valence-corrected chi connectivity index (χ1v) is 6.52. The average molecular weight is 251 g/mol. The topological polar surface area (TPSA) is 71.1 Å². The summed E-state index contributed by atoms with van der Waals surface area (Å²) in [5.74, 6) is -0.363. The van der Waals surface area contributed by atoms with Crippen molar-refractivity contribution in [2.24, 2.45) is 0 Å². The van der Waals surface area contributed by atoms with Gasteiger partial charge in [0.2, 0.25) is 5.91 Å². The zero-order chi connectivity index (χ0) is 12.3. The molecule has 2 N–H and O–H groups in total. The fourth-order valence-electron chi connectivity index (χ4n) is 1.69. The van der Waals surface area contributed by atoms with Crippen molar-refractivity contribution in [3.8, 4) is 0 Å². The van der Waals surface area contributed by atoms with E-state index < -0.39 is 6.04 Å². The molecule has 17 heavy (non-hydrogen) atoms. The number of carbonyl (C=O) groups excluding carboxylic acids is 2. The van der Waals surface area contributed by atoms with Gasteiger partial charge in [-0.15, -0.1) is 11.8 Å². The molecule has 0 aromatic carbocycles. The second-order valence-electron chi connectivity index (χ2n) is 3.67. The van der Waals surface area contributed by atoms with Crippen molar-refractivity contribution in [3.05, 3.63) is 23.9 Å². The average Bonchev–Trinajstić information content (AvgIpc) is 2.75. The Kier molecular flexibility index (Phi) is 3.63. The van der Waals surface area contributed by atoms with Gasteiger partial charge in [0, 0.05) is 12.7 Å². The molecule has 0 aliphatic carbocycles. The Morgan fingerprint density at radius 3 is 3.12 bits per heavy atom. The van der Waals surface area contributed by atoms with E-state index >= 15 is 0 Å². The lowest BCUT2D eigenvalue weighted by atomic mass is 10.2. The zero-order valence-corrected chi connectivity index (χ0v) is 10.2. The van der Waals surface area contributed by atoms with Crippen molar-refractivity contribution in [2.45, 2.75) is 17.5 Å². The van der Waals surface area contributed by atoms with E-state index in [0.29, 0.717) is 23.6 Å². The maximum absolute atomic E-state index is 12.0. The predicted octanol–water partition coefficient (Wildman–Crippen LogP) is 0.422. The fraction of sp³-hybridized carbons (Fsp3) is 0.364. The van der Waals surface area contributed by atoms with E-state index in [2.05, 4.69) is 15.6 Å².